The SMILES string of the molecule is COCCNC(=O)c1nc(C(=O)Nc2cccc(OC)c2)c2n1CCCC2. The van der Waals surface area contributed by atoms with E-state index in [0.29, 0.717) is 36.8 Å². The number of anilines is 1. The number of amides is 2. The van der Waals surface area contributed by atoms with E-state index in [-0.39, 0.29) is 17.6 Å². The summed E-state index contributed by atoms with van der Waals surface area (Å²) >= 11 is 0. The van der Waals surface area contributed by atoms with Crippen LogP contribution in [0.15, 0.2) is 24.3 Å². The van der Waals surface area contributed by atoms with Gasteiger partial charge in [0.1, 0.15) is 5.75 Å². The van der Waals surface area contributed by atoms with E-state index in [1.807, 2.05) is 4.57 Å². The minimum absolute atomic E-state index is 0.275. The van der Waals surface area contributed by atoms with Crippen molar-refractivity contribution in [3.05, 3.63) is 41.5 Å². The molecule has 2 aromatic rings. The lowest BCUT2D eigenvalue weighted by atomic mass is 10.1. The number of fused-ring (bicyclic) bond motifs is 1. The highest BCUT2D eigenvalue weighted by atomic mass is 16.5. The Hall–Kier alpha value is -2.87. The van der Waals surface area contributed by atoms with Crippen LogP contribution < -0.4 is 15.4 Å². The van der Waals surface area contributed by atoms with Gasteiger partial charge in [-0.1, -0.05) is 6.07 Å². The lowest BCUT2D eigenvalue weighted by Crippen LogP contribution is -2.30. The molecule has 0 unspecified atom stereocenters. The zero-order valence-electron chi connectivity index (χ0n) is 15.6. The topological polar surface area (TPSA) is 94.5 Å². The van der Waals surface area contributed by atoms with Crippen molar-refractivity contribution in [2.75, 3.05) is 32.7 Å². The number of carbonyl (C=O) groups excluding carboxylic acids is 2. The number of ether oxygens (including phenoxy) is 2. The first kappa shape index (κ1) is 18.9. The van der Waals surface area contributed by atoms with E-state index in [4.69, 9.17) is 9.47 Å². The Labute approximate surface area is 157 Å². The minimum atomic E-state index is -0.329. The summed E-state index contributed by atoms with van der Waals surface area (Å²) in [5, 5.41) is 5.61. The fourth-order valence-electron chi connectivity index (χ4n) is 3.14. The van der Waals surface area contributed by atoms with Crippen LogP contribution in [-0.2, 0) is 17.7 Å². The third kappa shape index (κ3) is 4.28. The molecular weight excluding hydrogens is 348 g/mol. The van der Waals surface area contributed by atoms with Gasteiger partial charge < -0.3 is 24.7 Å². The lowest BCUT2D eigenvalue weighted by Gasteiger charge is -2.17. The van der Waals surface area contributed by atoms with Crippen molar-refractivity contribution in [2.24, 2.45) is 0 Å². The molecule has 0 atom stereocenters. The number of rotatable bonds is 7. The number of benzene rings is 1. The normalized spacial score (nSPS) is 13.0. The predicted octanol–water partition coefficient (Wildman–Crippen LogP) is 1.86. The fraction of sp³-hybridized carbons (Fsp3) is 0.421. The third-order valence-corrected chi connectivity index (χ3v) is 4.46. The molecule has 1 aliphatic rings. The van der Waals surface area contributed by atoms with Crippen molar-refractivity contribution in [1.29, 1.82) is 0 Å². The third-order valence-electron chi connectivity index (χ3n) is 4.46. The summed E-state index contributed by atoms with van der Waals surface area (Å²) in [7, 11) is 3.14. The van der Waals surface area contributed by atoms with Gasteiger partial charge in [-0.25, -0.2) is 4.98 Å². The molecule has 2 amide bonds. The number of nitrogens with one attached hydrogen (secondary N) is 2. The second-order valence-electron chi connectivity index (χ2n) is 6.27. The van der Waals surface area contributed by atoms with Crippen molar-refractivity contribution in [3.8, 4) is 5.75 Å². The Morgan fingerprint density at radius 3 is 2.85 bits per heavy atom. The van der Waals surface area contributed by atoms with Crippen molar-refractivity contribution in [2.45, 2.75) is 25.8 Å². The molecule has 1 aromatic heterocycles. The summed E-state index contributed by atoms with van der Waals surface area (Å²) in [6.45, 7) is 1.49. The largest absolute Gasteiger partial charge is 0.497 e. The van der Waals surface area contributed by atoms with Crippen LogP contribution in [0.25, 0.3) is 0 Å². The van der Waals surface area contributed by atoms with Gasteiger partial charge in [0.05, 0.1) is 19.4 Å². The summed E-state index contributed by atoms with van der Waals surface area (Å²) in [6.07, 6.45) is 2.65. The average Bonchev–Trinajstić information content (AvgIpc) is 3.08. The summed E-state index contributed by atoms with van der Waals surface area (Å²) in [5.74, 6) is 0.301. The number of aromatic nitrogens is 2. The van der Waals surface area contributed by atoms with Crippen LogP contribution in [0, 0.1) is 0 Å². The maximum atomic E-state index is 12.8. The van der Waals surface area contributed by atoms with Crippen LogP contribution in [-0.4, -0.2) is 48.7 Å². The van der Waals surface area contributed by atoms with E-state index in [1.165, 1.54) is 0 Å². The Balaban J connectivity index is 1.84. The highest BCUT2D eigenvalue weighted by Crippen LogP contribution is 2.23. The van der Waals surface area contributed by atoms with E-state index >= 15 is 0 Å². The molecule has 0 saturated carbocycles. The van der Waals surface area contributed by atoms with E-state index < -0.39 is 0 Å². The van der Waals surface area contributed by atoms with Gasteiger partial charge in [-0.05, 0) is 31.4 Å². The Kier molecular flexibility index (Phi) is 6.08. The van der Waals surface area contributed by atoms with Crippen molar-refractivity contribution >= 4 is 17.5 Å². The van der Waals surface area contributed by atoms with Gasteiger partial charge in [-0.2, -0.15) is 0 Å². The van der Waals surface area contributed by atoms with E-state index in [0.717, 1.165) is 25.0 Å². The molecule has 144 valence electrons. The van der Waals surface area contributed by atoms with Crippen LogP contribution in [0.5, 0.6) is 5.75 Å². The van der Waals surface area contributed by atoms with Crippen molar-refractivity contribution < 1.29 is 19.1 Å². The van der Waals surface area contributed by atoms with Crippen LogP contribution >= 0.6 is 0 Å². The maximum Gasteiger partial charge on any atom is 0.287 e. The Bertz CT molecular complexity index is 831. The summed E-state index contributed by atoms with van der Waals surface area (Å²) < 4.78 is 12.0. The Morgan fingerprint density at radius 2 is 2.07 bits per heavy atom. The smallest absolute Gasteiger partial charge is 0.287 e. The van der Waals surface area contributed by atoms with Gasteiger partial charge in [0.15, 0.2) is 11.5 Å². The number of imidazole rings is 1. The molecule has 0 radical (unpaired) electrons. The van der Waals surface area contributed by atoms with E-state index in [2.05, 4.69) is 15.6 Å². The molecular formula is C19H24N4O4. The molecule has 2 N–H and O–H groups in total. The van der Waals surface area contributed by atoms with Crippen LogP contribution in [0.2, 0.25) is 0 Å². The second kappa shape index (κ2) is 8.68. The van der Waals surface area contributed by atoms with Gasteiger partial charge in [0.25, 0.3) is 11.8 Å². The molecule has 1 aromatic carbocycles. The highest BCUT2D eigenvalue weighted by Gasteiger charge is 2.27. The number of methoxy groups -OCH3 is 2. The first-order valence-electron chi connectivity index (χ1n) is 8.96. The van der Waals surface area contributed by atoms with E-state index in [1.54, 1.807) is 38.5 Å². The molecule has 3 rings (SSSR count). The summed E-state index contributed by atoms with van der Waals surface area (Å²) in [6, 6.07) is 7.11. The van der Waals surface area contributed by atoms with Crippen molar-refractivity contribution in [3.63, 3.8) is 0 Å². The van der Waals surface area contributed by atoms with Crippen LogP contribution in [0.3, 0.4) is 0 Å². The first-order valence-corrected chi connectivity index (χ1v) is 8.96. The quantitative estimate of drug-likeness (QED) is 0.724. The van der Waals surface area contributed by atoms with Gasteiger partial charge >= 0.3 is 0 Å². The number of hydrogen-bond donors (Lipinski definition) is 2. The molecule has 27 heavy (non-hydrogen) atoms. The minimum Gasteiger partial charge on any atom is -0.497 e. The van der Waals surface area contributed by atoms with Gasteiger partial charge in [-0.3, -0.25) is 9.59 Å². The van der Waals surface area contributed by atoms with Gasteiger partial charge in [0, 0.05) is 32.0 Å². The predicted molar refractivity (Wildman–Crippen MR) is 100 cm³/mol. The van der Waals surface area contributed by atoms with E-state index in [9.17, 15) is 9.59 Å². The molecule has 2 heterocycles. The fourth-order valence-corrected chi connectivity index (χ4v) is 3.14. The zero-order chi connectivity index (χ0) is 19.2. The maximum absolute atomic E-state index is 12.8. The molecule has 0 bridgehead atoms. The highest BCUT2D eigenvalue weighted by molar-refractivity contribution is 6.05. The molecule has 0 spiro atoms. The molecule has 0 aliphatic carbocycles. The number of nitrogens with zero attached hydrogens (tertiary/aromatic N) is 2. The Morgan fingerprint density at radius 1 is 1.22 bits per heavy atom. The van der Waals surface area contributed by atoms with Gasteiger partial charge in [-0.15, -0.1) is 0 Å². The number of hydrogen-bond acceptors (Lipinski definition) is 5. The monoisotopic (exact) mass is 372 g/mol. The molecule has 1 aliphatic heterocycles. The second-order valence-corrected chi connectivity index (χ2v) is 6.27. The molecule has 8 nitrogen and oxygen atoms in total. The zero-order valence-corrected chi connectivity index (χ0v) is 15.6. The van der Waals surface area contributed by atoms with Crippen LogP contribution in [0.1, 0.15) is 39.6 Å². The van der Waals surface area contributed by atoms with Crippen LogP contribution in [0.4, 0.5) is 5.69 Å². The summed E-state index contributed by atoms with van der Waals surface area (Å²) in [4.78, 5) is 29.6. The standard InChI is InChI=1S/C19H24N4O4/c1-26-11-9-20-19(25)17-22-16(15-8-3-4-10-23(15)17)18(24)21-13-6-5-7-14(12-13)27-2/h5-7,12H,3-4,8-11H2,1-2H3,(H,20,25)(H,21,24). The number of carbonyl (C=O) groups is 2. The van der Waals surface area contributed by atoms with Crippen molar-refractivity contribution in [1.82, 2.24) is 14.9 Å². The van der Waals surface area contributed by atoms with Gasteiger partial charge in [0.2, 0.25) is 0 Å². The summed E-state index contributed by atoms with van der Waals surface area (Å²) in [5.41, 5.74) is 1.72. The lowest BCUT2D eigenvalue weighted by molar-refractivity contribution is 0.0921. The average molecular weight is 372 g/mol. The first-order chi connectivity index (χ1) is 13.1. The molecule has 8 heteroatoms. The molecule has 0 saturated heterocycles. The molecule has 0 fully saturated rings.